The molecule has 1 aromatic heterocycles. The van der Waals surface area contributed by atoms with Crippen molar-refractivity contribution in [2.75, 3.05) is 19.7 Å². The number of para-hydroxylation sites is 1. The molecule has 8 heteroatoms. The molecule has 1 aromatic carbocycles. The summed E-state index contributed by atoms with van der Waals surface area (Å²) in [5.41, 5.74) is 0.988. The summed E-state index contributed by atoms with van der Waals surface area (Å²) in [6.45, 7) is 1.73. The summed E-state index contributed by atoms with van der Waals surface area (Å²) in [7, 11) is -3.44. The molecule has 1 fully saturated rings. The number of carbonyl (C=O) groups is 1. The van der Waals surface area contributed by atoms with E-state index in [0.717, 1.165) is 41.9 Å². The standard InChI is InChI=1S/C20H24N2O4S2/c23-19(21-17-10-13-26-18-7-3-2-6-16(17)18)14-15-8-9-20(27-15)28(24,25)22-11-4-1-5-12-22/h2-3,6-9,17H,1,4-5,10-14H2,(H,21,23)/t17-/m1/s1. The van der Waals surface area contributed by atoms with Crippen molar-refractivity contribution < 1.29 is 17.9 Å². The van der Waals surface area contributed by atoms with Crippen molar-refractivity contribution in [2.45, 2.75) is 42.4 Å². The number of benzene rings is 1. The second-order valence-electron chi connectivity index (χ2n) is 7.16. The van der Waals surface area contributed by atoms with E-state index in [-0.39, 0.29) is 18.4 Å². The third-order valence-corrected chi connectivity index (χ3v) is 8.63. The molecule has 1 N–H and O–H groups in total. The lowest BCUT2D eigenvalue weighted by Crippen LogP contribution is -2.35. The first kappa shape index (κ1) is 19.4. The first-order valence-electron chi connectivity index (χ1n) is 9.64. The van der Waals surface area contributed by atoms with Gasteiger partial charge >= 0.3 is 0 Å². The molecule has 0 spiro atoms. The topological polar surface area (TPSA) is 75.7 Å². The lowest BCUT2D eigenvalue weighted by Gasteiger charge is -2.26. The number of amides is 1. The molecule has 1 atom stereocenters. The highest BCUT2D eigenvalue weighted by atomic mass is 32.2. The van der Waals surface area contributed by atoms with Gasteiger partial charge in [-0.15, -0.1) is 11.3 Å². The van der Waals surface area contributed by atoms with Gasteiger partial charge in [0, 0.05) is 30.0 Å². The molecule has 6 nitrogen and oxygen atoms in total. The van der Waals surface area contributed by atoms with E-state index >= 15 is 0 Å². The average molecular weight is 421 g/mol. The van der Waals surface area contributed by atoms with Crippen LogP contribution < -0.4 is 10.1 Å². The van der Waals surface area contributed by atoms with Gasteiger partial charge < -0.3 is 10.1 Å². The maximum absolute atomic E-state index is 12.8. The van der Waals surface area contributed by atoms with E-state index in [2.05, 4.69) is 5.32 Å². The number of piperidine rings is 1. The second-order valence-corrected chi connectivity index (χ2v) is 10.5. The van der Waals surface area contributed by atoms with E-state index in [9.17, 15) is 13.2 Å². The van der Waals surface area contributed by atoms with E-state index in [4.69, 9.17) is 4.74 Å². The van der Waals surface area contributed by atoms with Crippen molar-refractivity contribution >= 4 is 27.3 Å². The van der Waals surface area contributed by atoms with Gasteiger partial charge in [0.15, 0.2) is 0 Å². The van der Waals surface area contributed by atoms with Gasteiger partial charge in [0.25, 0.3) is 10.0 Å². The van der Waals surface area contributed by atoms with Crippen LogP contribution in [0.15, 0.2) is 40.6 Å². The third kappa shape index (κ3) is 4.09. The summed E-state index contributed by atoms with van der Waals surface area (Å²) in [4.78, 5) is 13.3. The predicted octanol–water partition coefficient (Wildman–Crippen LogP) is 3.11. The summed E-state index contributed by atoms with van der Waals surface area (Å²) in [6.07, 6.45) is 3.80. The summed E-state index contributed by atoms with van der Waals surface area (Å²) < 4.78 is 33.0. The lowest BCUT2D eigenvalue weighted by molar-refractivity contribution is -0.121. The number of rotatable bonds is 5. The average Bonchev–Trinajstić information content (AvgIpc) is 3.18. The van der Waals surface area contributed by atoms with E-state index in [1.807, 2.05) is 24.3 Å². The number of sulfonamides is 1. The highest BCUT2D eigenvalue weighted by Crippen LogP contribution is 2.32. The monoisotopic (exact) mass is 420 g/mol. The zero-order chi connectivity index (χ0) is 19.6. The van der Waals surface area contributed by atoms with E-state index in [0.29, 0.717) is 23.9 Å². The number of fused-ring (bicyclic) bond motifs is 1. The van der Waals surface area contributed by atoms with Gasteiger partial charge in [0.1, 0.15) is 9.96 Å². The molecule has 2 aliphatic heterocycles. The Balaban J connectivity index is 1.41. The van der Waals surface area contributed by atoms with Crippen LogP contribution in [0.5, 0.6) is 5.75 Å². The Labute approximate surface area is 169 Å². The SMILES string of the molecule is O=C(Cc1ccc(S(=O)(=O)N2CCCCC2)s1)N[C@@H]1CCOc2ccccc21. The van der Waals surface area contributed by atoms with Crippen LogP contribution >= 0.6 is 11.3 Å². The Morgan fingerprint density at radius 2 is 1.93 bits per heavy atom. The molecule has 1 saturated heterocycles. The molecule has 150 valence electrons. The van der Waals surface area contributed by atoms with Gasteiger partial charge in [-0.1, -0.05) is 24.6 Å². The molecule has 0 unspecified atom stereocenters. The molecule has 1 amide bonds. The molecular weight excluding hydrogens is 396 g/mol. The van der Waals surface area contributed by atoms with Crippen molar-refractivity contribution in [3.63, 3.8) is 0 Å². The number of nitrogens with zero attached hydrogens (tertiary/aromatic N) is 1. The van der Waals surface area contributed by atoms with Gasteiger partial charge in [-0.3, -0.25) is 4.79 Å². The molecule has 3 heterocycles. The maximum atomic E-state index is 12.8. The van der Waals surface area contributed by atoms with Crippen LogP contribution in [0.1, 0.15) is 42.2 Å². The fraction of sp³-hybridized carbons (Fsp3) is 0.450. The predicted molar refractivity (Wildman–Crippen MR) is 108 cm³/mol. The molecule has 0 radical (unpaired) electrons. The molecule has 28 heavy (non-hydrogen) atoms. The quantitative estimate of drug-likeness (QED) is 0.806. The normalized spacial score (nSPS) is 20.2. The Hall–Kier alpha value is -1.90. The van der Waals surface area contributed by atoms with Crippen molar-refractivity contribution in [3.8, 4) is 5.75 Å². The smallest absolute Gasteiger partial charge is 0.252 e. The minimum atomic E-state index is -3.44. The third-order valence-electron chi connectivity index (χ3n) is 5.17. The van der Waals surface area contributed by atoms with Crippen LogP contribution in [0, 0.1) is 0 Å². The van der Waals surface area contributed by atoms with Gasteiger partial charge in [-0.05, 0) is 31.0 Å². The van der Waals surface area contributed by atoms with Crippen molar-refractivity contribution in [3.05, 3.63) is 46.8 Å². The summed E-state index contributed by atoms with van der Waals surface area (Å²) in [5.74, 6) is 0.704. The number of ether oxygens (including phenoxy) is 1. The zero-order valence-electron chi connectivity index (χ0n) is 15.6. The minimum Gasteiger partial charge on any atom is -0.493 e. The van der Waals surface area contributed by atoms with E-state index < -0.39 is 10.0 Å². The number of carbonyl (C=O) groups excluding carboxylic acids is 1. The second kappa shape index (κ2) is 8.23. The van der Waals surface area contributed by atoms with E-state index in [1.165, 1.54) is 11.3 Å². The number of nitrogens with one attached hydrogen (secondary N) is 1. The van der Waals surface area contributed by atoms with Crippen LogP contribution in [0.4, 0.5) is 0 Å². The van der Waals surface area contributed by atoms with Crippen molar-refractivity contribution in [1.29, 1.82) is 0 Å². The van der Waals surface area contributed by atoms with Gasteiger partial charge in [-0.25, -0.2) is 8.42 Å². The first-order valence-corrected chi connectivity index (χ1v) is 11.9. The zero-order valence-corrected chi connectivity index (χ0v) is 17.2. The van der Waals surface area contributed by atoms with Crippen LogP contribution in [-0.4, -0.2) is 38.3 Å². The Bertz CT molecular complexity index is 949. The molecule has 0 aliphatic carbocycles. The minimum absolute atomic E-state index is 0.0750. The van der Waals surface area contributed by atoms with Gasteiger partial charge in [0.2, 0.25) is 5.91 Å². The summed E-state index contributed by atoms with van der Waals surface area (Å²) in [6, 6.07) is 11.0. The van der Waals surface area contributed by atoms with Crippen LogP contribution in [-0.2, 0) is 21.2 Å². The molecule has 0 bridgehead atoms. The van der Waals surface area contributed by atoms with Crippen LogP contribution in [0.2, 0.25) is 0 Å². The summed E-state index contributed by atoms with van der Waals surface area (Å²) in [5, 5.41) is 3.06. The molecule has 0 saturated carbocycles. The van der Waals surface area contributed by atoms with Gasteiger partial charge in [0.05, 0.1) is 19.1 Å². The number of thiophene rings is 1. The largest absolute Gasteiger partial charge is 0.493 e. The highest BCUT2D eigenvalue weighted by Gasteiger charge is 2.28. The van der Waals surface area contributed by atoms with Crippen LogP contribution in [0.3, 0.4) is 0 Å². The Morgan fingerprint density at radius 1 is 1.14 bits per heavy atom. The molecular formula is C20H24N2O4S2. The van der Waals surface area contributed by atoms with Gasteiger partial charge in [-0.2, -0.15) is 4.31 Å². The first-order chi connectivity index (χ1) is 13.5. The molecule has 4 rings (SSSR count). The van der Waals surface area contributed by atoms with Crippen LogP contribution in [0.25, 0.3) is 0 Å². The van der Waals surface area contributed by atoms with Crippen molar-refractivity contribution in [1.82, 2.24) is 9.62 Å². The van der Waals surface area contributed by atoms with E-state index in [1.54, 1.807) is 16.4 Å². The maximum Gasteiger partial charge on any atom is 0.252 e. The highest BCUT2D eigenvalue weighted by molar-refractivity contribution is 7.91. The lowest BCUT2D eigenvalue weighted by atomic mass is 10.0. The molecule has 2 aliphatic rings. The fourth-order valence-corrected chi connectivity index (χ4v) is 6.75. The Morgan fingerprint density at radius 3 is 2.75 bits per heavy atom. The summed E-state index contributed by atoms with van der Waals surface area (Å²) >= 11 is 1.19. The Kier molecular flexibility index (Phi) is 5.70. The van der Waals surface area contributed by atoms with Crippen molar-refractivity contribution in [2.24, 2.45) is 0 Å². The molecule has 2 aromatic rings. The number of hydrogen-bond donors (Lipinski definition) is 1. The number of hydrogen-bond acceptors (Lipinski definition) is 5. The fourth-order valence-electron chi connectivity index (χ4n) is 3.72.